The topological polar surface area (TPSA) is 42.0 Å². The first-order valence-electron chi connectivity index (χ1n) is 6.63. The Morgan fingerprint density at radius 2 is 2.15 bits per heavy atom. The van der Waals surface area contributed by atoms with E-state index in [-0.39, 0.29) is 11.8 Å². The fourth-order valence-corrected chi connectivity index (χ4v) is 3.38. The Hall–Kier alpha value is -1.13. The van der Waals surface area contributed by atoms with Gasteiger partial charge < -0.3 is 5.32 Å². The lowest BCUT2D eigenvalue weighted by Gasteiger charge is -2.06. The molecule has 2 aliphatic rings. The zero-order valence-corrected chi connectivity index (χ0v) is 13.0. The van der Waals surface area contributed by atoms with E-state index >= 15 is 0 Å². The quantitative estimate of drug-likeness (QED) is 0.872. The molecule has 1 unspecified atom stereocenters. The number of hydrogen-bond acceptors (Lipinski definition) is 2. The molecule has 1 aromatic heterocycles. The molecule has 4 rings (SSSR count). The van der Waals surface area contributed by atoms with E-state index in [9.17, 15) is 4.79 Å². The predicted molar refractivity (Wildman–Crippen MR) is 82.9 cm³/mol. The minimum atomic E-state index is 0.113. The number of fused-ring (bicyclic) bond motifs is 1. The maximum Gasteiger partial charge on any atom is 0.229 e. The van der Waals surface area contributed by atoms with Gasteiger partial charge in [0, 0.05) is 22.0 Å². The molecular weight excluding hydrogens is 340 g/mol. The zero-order chi connectivity index (χ0) is 13.9. The van der Waals surface area contributed by atoms with Crippen molar-refractivity contribution in [1.29, 1.82) is 0 Å². The van der Waals surface area contributed by atoms with Crippen molar-refractivity contribution in [2.75, 3.05) is 5.32 Å². The average Bonchev–Trinajstić information content (AvgIpc) is 3.32. The molecule has 3 nitrogen and oxygen atoms in total. The SMILES string of the molecule is O=C(Nc1cc2cc(Br)c(Cl)cc2cn1)C1CC12CC2. The molecule has 1 N–H and O–H groups in total. The summed E-state index contributed by atoms with van der Waals surface area (Å²) >= 11 is 9.46. The number of hydrogen-bond donors (Lipinski definition) is 1. The smallest absolute Gasteiger partial charge is 0.229 e. The number of benzene rings is 1. The van der Waals surface area contributed by atoms with Crippen LogP contribution in [0.2, 0.25) is 5.02 Å². The molecule has 1 atom stereocenters. The second-order valence-corrected chi connectivity index (χ2v) is 7.05. The molecule has 20 heavy (non-hydrogen) atoms. The first-order chi connectivity index (χ1) is 9.57. The van der Waals surface area contributed by atoms with Gasteiger partial charge in [-0.15, -0.1) is 0 Å². The van der Waals surface area contributed by atoms with Gasteiger partial charge in [0.2, 0.25) is 5.91 Å². The Morgan fingerprint density at radius 3 is 2.85 bits per heavy atom. The highest BCUT2D eigenvalue weighted by atomic mass is 79.9. The highest BCUT2D eigenvalue weighted by Gasteiger charge is 2.65. The summed E-state index contributed by atoms with van der Waals surface area (Å²) in [7, 11) is 0. The highest BCUT2D eigenvalue weighted by molar-refractivity contribution is 9.10. The Kier molecular flexibility index (Phi) is 2.63. The van der Waals surface area contributed by atoms with Crippen LogP contribution in [0.25, 0.3) is 10.8 Å². The van der Waals surface area contributed by atoms with E-state index in [2.05, 4.69) is 26.2 Å². The van der Waals surface area contributed by atoms with Gasteiger partial charge in [0.15, 0.2) is 0 Å². The van der Waals surface area contributed by atoms with Crippen LogP contribution in [0.1, 0.15) is 19.3 Å². The van der Waals surface area contributed by atoms with E-state index in [1.165, 1.54) is 12.8 Å². The molecule has 0 aliphatic heterocycles. The van der Waals surface area contributed by atoms with Gasteiger partial charge in [0.25, 0.3) is 0 Å². The minimum Gasteiger partial charge on any atom is -0.310 e. The summed E-state index contributed by atoms with van der Waals surface area (Å²) in [5, 5.41) is 5.55. The monoisotopic (exact) mass is 350 g/mol. The van der Waals surface area contributed by atoms with Crippen LogP contribution in [-0.2, 0) is 4.79 Å². The van der Waals surface area contributed by atoms with E-state index in [1.807, 2.05) is 18.2 Å². The van der Waals surface area contributed by atoms with Crippen molar-refractivity contribution in [2.45, 2.75) is 19.3 Å². The predicted octanol–water partition coefficient (Wildman–Crippen LogP) is 4.39. The Bertz CT molecular complexity index is 742. The van der Waals surface area contributed by atoms with Crippen molar-refractivity contribution >= 4 is 50.0 Å². The molecule has 1 heterocycles. The van der Waals surface area contributed by atoms with Crippen LogP contribution in [0.15, 0.2) is 28.9 Å². The molecule has 2 saturated carbocycles. The normalized spacial score (nSPS) is 22.0. The van der Waals surface area contributed by atoms with Gasteiger partial charge in [0.05, 0.1) is 5.02 Å². The highest BCUT2D eigenvalue weighted by Crippen LogP contribution is 2.70. The third kappa shape index (κ3) is 2.02. The van der Waals surface area contributed by atoms with Crippen molar-refractivity contribution in [3.8, 4) is 0 Å². The van der Waals surface area contributed by atoms with Gasteiger partial charge in [-0.2, -0.15) is 0 Å². The standard InChI is InChI=1S/C15H12BrClN2O/c16-11-3-8-5-13(18-7-9(8)4-12(11)17)19-14(20)10-6-15(10)1-2-15/h3-5,7,10H,1-2,6H2,(H,18,19,20). The molecule has 1 aromatic carbocycles. The zero-order valence-electron chi connectivity index (χ0n) is 10.6. The van der Waals surface area contributed by atoms with Crippen LogP contribution in [0, 0.1) is 11.3 Å². The maximum absolute atomic E-state index is 12.1. The van der Waals surface area contributed by atoms with Crippen LogP contribution in [0.5, 0.6) is 0 Å². The second kappa shape index (κ2) is 4.18. The number of anilines is 1. The third-order valence-electron chi connectivity index (χ3n) is 4.41. The summed E-state index contributed by atoms with van der Waals surface area (Å²) in [5.74, 6) is 0.929. The van der Waals surface area contributed by atoms with Gasteiger partial charge in [0.1, 0.15) is 5.82 Å². The maximum atomic E-state index is 12.1. The van der Waals surface area contributed by atoms with E-state index in [1.54, 1.807) is 6.20 Å². The minimum absolute atomic E-state index is 0.113. The Morgan fingerprint density at radius 1 is 1.35 bits per heavy atom. The van der Waals surface area contributed by atoms with Crippen LogP contribution in [0.3, 0.4) is 0 Å². The van der Waals surface area contributed by atoms with E-state index in [0.717, 1.165) is 21.7 Å². The average molecular weight is 352 g/mol. The number of halogens is 2. The van der Waals surface area contributed by atoms with Crippen molar-refractivity contribution in [3.63, 3.8) is 0 Å². The molecule has 102 valence electrons. The number of nitrogens with zero attached hydrogens (tertiary/aromatic N) is 1. The van der Waals surface area contributed by atoms with Crippen molar-refractivity contribution in [3.05, 3.63) is 33.9 Å². The fraction of sp³-hybridized carbons (Fsp3) is 0.333. The first kappa shape index (κ1) is 12.6. The molecule has 0 bridgehead atoms. The van der Waals surface area contributed by atoms with Crippen molar-refractivity contribution in [1.82, 2.24) is 4.98 Å². The van der Waals surface area contributed by atoms with Crippen molar-refractivity contribution in [2.24, 2.45) is 11.3 Å². The Labute approximate surface area is 129 Å². The van der Waals surface area contributed by atoms with Gasteiger partial charge >= 0.3 is 0 Å². The van der Waals surface area contributed by atoms with Crippen LogP contribution < -0.4 is 5.32 Å². The number of carbonyl (C=O) groups is 1. The number of aromatic nitrogens is 1. The third-order valence-corrected chi connectivity index (χ3v) is 5.61. The van der Waals surface area contributed by atoms with Gasteiger partial charge in [-0.05, 0) is 64.2 Å². The van der Waals surface area contributed by atoms with Crippen molar-refractivity contribution < 1.29 is 4.79 Å². The molecule has 2 aliphatic carbocycles. The van der Waals surface area contributed by atoms with E-state index in [4.69, 9.17) is 11.6 Å². The number of nitrogens with one attached hydrogen (secondary N) is 1. The van der Waals surface area contributed by atoms with E-state index < -0.39 is 0 Å². The van der Waals surface area contributed by atoms with Gasteiger partial charge in [-0.25, -0.2) is 4.98 Å². The summed E-state index contributed by atoms with van der Waals surface area (Å²) < 4.78 is 0.842. The summed E-state index contributed by atoms with van der Waals surface area (Å²) in [6.45, 7) is 0. The number of pyridine rings is 1. The summed E-state index contributed by atoms with van der Waals surface area (Å²) in [4.78, 5) is 16.4. The number of rotatable bonds is 2. The van der Waals surface area contributed by atoms with Gasteiger partial charge in [-0.3, -0.25) is 4.79 Å². The molecule has 5 heteroatoms. The van der Waals surface area contributed by atoms with Crippen LogP contribution in [0.4, 0.5) is 5.82 Å². The summed E-state index contributed by atoms with van der Waals surface area (Å²) in [5.41, 5.74) is 0.373. The molecule has 1 amide bonds. The molecular formula is C15H12BrClN2O. The van der Waals surface area contributed by atoms with Gasteiger partial charge in [-0.1, -0.05) is 11.6 Å². The van der Waals surface area contributed by atoms with E-state index in [0.29, 0.717) is 16.3 Å². The molecule has 2 fully saturated rings. The van der Waals surface area contributed by atoms with Crippen LogP contribution in [-0.4, -0.2) is 10.9 Å². The molecule has 2 aromatic rings. The number of carbonyl (C=O) groups excluding carboxylic acids is 1. The molecule has 1 spiro atoms. The lowest BCUT2D eigenvalue weighted by atomic mass is 10.2. The molecule has 0 saturated heterocycles. The summed E-state index contributed by atoms with van der Waals surface area (Å²) in [6, 6.07) is 5.68. The summed E-state index contributed by atoms with van der Waals surface area (Å²) in [6.07, 6.45) is 5.21. The lowest BCUT2D eigenvalue weighted by Crippen LogP contribution is -2.15. The molecule has 0 radical (unpaired) electrons. The fourth-order valence-electron chi connectivity index (χ4n) is 2.85. The second-order valence-electron chi connectivity index (χ2n) is 5.79. The Balaban J connectivity index is 1.60. The van der Waals surface area contributed by atoms with Crippen LogP contribution >= 0.6 is 27.5 Å². The lowest BCUT2D eigenvalue weighted by molar-refractivity contribution is -0.117. The first-order valence-corrected chi connectivity index (χ1v) is 7.80. The largest absolute Gasteiger partial charge is 0.310 e. The number of amides is 1.